The number of piperidine rings is 1. The molecule has 1 N–H and O–H groups in total. The van der Waals surface area contributed by atoms with Gasteiger partial charge in [0.25, 0.3) is 0 Å². The van der Waals surface area contributed by atoms with E-state index in [0.29, 0.717) is 49.1 Å². The average molecular weight is 432 g/mol. The predicted octanol–water partition coefficient (Wildman–Crippen LogP) is 3.67. The van der Waals surface area contributed by atoms with Gasteiger partial charge in [0.05, 0.1) is 12.7 Å². The van der Waals surface area contributed by atoms with Crippen LogP contribution in [0.5, 0.6) is 0 Å². The van der Waals surface area contributed by atoms with Crippen LogP contribution in [-0.2, 0) is 15.9 Å². The van der Waals surface area contributed by atoms with Crippen molar-refractivity contribution in [3.63, 3.8) is 0 Å². The minimum Gasteiger partial charge on any atom is -0.381 e. The van der Waals surface area contributed by atoms with Gasteiger partial charge in [-0.05, 0) is 44.7 Å². The van der Waals surface area contributed by atoms with Crippen molar-refractivity contribution in [1.29, 1.82) is 0 Å². The smallest absolute Gasteiger partial charge is 0.321 e. The van der Waals surface area contributed by atoms with E-state index in [1.807, 2.05) is 0 Å². The fourth-order valence-electron chi connectivity index (χ4n) is 3.99. The first kappa shape index (κ1) is 21.7. The summed E-state index contributed by atoms with van der Waals surface area (Å²) in [6, 6.07) is 4.44. The number of ether oxygens (including phenoxy) is 2. The molecule has 31 heavy (non-hydrogen) atoms. The highest BCUT2D eigenvalue weighted by Gasteiger charge is 2.25. The summed E-state index contributed by atoms with van der Waals surface area (Å²) in [6.07, 6.45) is 4.09. The molecule has 0 spiro atoms. The van der Waals surface area contributed by atoms with Gasteiger partial charge in [-0.2, -0.15) is 4.98 Å². The van der Waals surface area contributed by atoms with Gasteiger partial charge in [-0.1, -0.05) is 11.2 Å². The van der Waals surface area contributed by atoms with E-state index in [1.165, 1.54) is 6.07 Å². The third-order valence-electron chi connectivity index (χ3n) is 5.91. The fourth-order valence-corrected chi connectivity index (χ4v) is 3.99. The van der Waals surface area contributed by atoms with Crippen molar-refractivity contribution in [2.24, 2.45) is 0 Å². The number of anilines is 1. The zero-order valence-corrected chi connectivity index (χ0v) is 17.8. The molecule has 2 fully saturated rings. The molecule has 0 radical (unpaired) electrons. The van der Waals surface area contributed by atoms with Gasteiger partial charge in [0.2, 0.25) is 5.89 Å². The van der Waals surface area contributed by atoms with Crippen LogP contribution in [0.2, 0.25) is 0 Å². The molecule has 1 atom stereocenters. The van der Waals surface area contributed by atoms with Gasteiger partial charge >= 0.3 is 6.03 Å². The highest BCUT2D eigenvalue weighted by Crippen LogP contribution is 2.25. The van der Waals surface area contributed by atoms with Gasteiger partial charge in [-0.25, -0.2) is 9.18 Å². The number of nitrogens with zero attached hydrogens (tertiary/aromatic N) is 3. The van der Waals surface area contributed by atoms with Gasteiger partial charge in [-0.15, -0.1) is 0 Å². The van der Waals surface area contributed by atoms with Gasteiger partial charge in [0, 0.05) is 49.9 Å². The molecule has 9 heteroatoms. The maximum atomic E-state index is 13.7. The molecule has 2 aromatic rings. The second-order valence-corrected chi connectivity index (χ2v) is 8.11. The number of hydrogen-bond donors (Lipinski definition) is 1. The van der Waals surface area contributed by atoms with Gasteiger partial charge in [-0.3, -0.25) is 0 Å². The summed E-state index contributed by atoms with van der Waals surface area (Å²) in [4.78, 5) is 18.8. The molecule has 4 rings (SSSR count). The summed E-state index contributed by atoms with van der Waals surface area (Å²) in [6.45, 7) is 4.74. The zero-order valence-electron chi connectivity index (χ0n) is 17.8. The molecule has 2 amide bonds. The van der Waals surface area contributed by atoms with E-state index in [4.69, 9.17) is 14.0 Å². The third kappa shape index (κ3) is 5.59. The Morgan fingerprint density at radius 1 is 1.32 bits per heavy atom. The first-order valence-electron chi connectivity index (χ1n) is 10.9. The van der Waals surface area contributed by atoms with E-state index in [1.54, 1.807) is 24.0 Å². The minimum atomic E-state index is -0.334. The lowest BCUT2D eigenvalue weighted by Gasteiger charge is -2.32. The van der Waals surface area contributed by atoms with Gasteiger partial charge in [0.1, 0.15) is 5.82 Å². The topological polar surface area (TPSA) is 89.7 Å². The number of likely N-dealkylation sites (tertiary alicyclic amines) is 1. The van der Waals surface area contributed by atoms with Gasteiger partial charge < -0.3 is 24.2 Å². The number of nitrogens with one attached hydrogen (secondary N) is 1. The third-order valence-corrected chi connectivity index (χ3v) is 5.91. The lowest BCUT2D eigenvalue weighted by molar-refractivity contribution is 0.0120. The van der Waals surface area contributed by atoms with Crippen molar-refractivity contribution in [2.45, 2.75) is 51.0 Å². The standard InChI is InChI=1S/C22H29FN4O4/c1-15-18(23)5-2-6-19(15)24-22(28)27-10-3-4-17(14-27)30-13-9-20-25-21(31-26-20)16-7-11-29-12-8-16/h2,5-6,16-17H,3-4,7-14H2,1H3,(H,24,28). The monoisotopic (exact) mass is 432 g/mol. The summed E-state index contributed by atoms with van der Waals surface area (Å²) in [5.41, 5.74) is 0.923. The molecular weight excluding hydrogens is 403 g/mol. The van der Waals surface area contributed by atoms with Crippen LogP contribution in [0.4, 0.5) is 14.9 Å². The molecule has 0 saturated carbocycles. The van der Waals surface area contributed by atoms with Crippen LogP contribution in [0.3, 0.4) is 0 Å². The van der Waals surface area contributed by atoms with Crippen LogP contribution in [-0.4, -0.2) is 60.1 Å². The van der Waals surface area contributed by atoms with Crippen LogP contribution in [0.1, 0.15) is 48.9 Å². The van der Waals surface area contributed by atoms with Crippen molar-refractivity contribution < 1.29 is 23.2 Å². The molecule has 0 aliphatic carbocycles. The van der Waals surface area contributed by atoms with Crippen LogP contribution in [0.15, 0.2) is 22.7 Å². The minimum absolute atomic E-state index is 0.0463. The number of hydrogen-bond acceptors (Lipinski definition) is 6. The van der Waals surface area contributed by atoms with Crippen LogP contribution < -0.4 is 5.32 Å². The van der Waals surface area contributed by atoms with Crippen molar-refractivity contribution >= 4 is 11.7 Å². The Kier molecular flexibility index (Phi) is 7.14. The maximum absolute atomic E-state index is 13.7. The van der Waals surface area contributed by atoms with E-state index >= 15 is 0 Å². The number of benzene rings is 1. The quantitative estimate of drug-likeness (QED) is 0.749. The number of halogens is 1. The first-order chi connectivity index (χ1) is 15.1. The van der Waals surface area contributed by atoms with Crippen LogP contribution in [0.25, 0.3) is 0 Å². The Hall–Kier alpha value is -2.52. The zero-order chi connectivity index (χ0) is 21.6. The lowest BCUT2D eigenvalue weighted by Crippen LogP contribution is -2.45. The maximum Gasteiger partial charge on any atom is 0.321 e. The Bertz CT molecular complexity index is 884. The summed E-state index contributed by atoms with van der Waals surface area (Å²) >= 11 is 0. The van der Waals surface area contributed by atoms with E-state index in [2.05, 4.69) is 15.5 Å². The molecule has 2 aliphatic rings. The number of amides is 2. The summed E-state index contributed by atoms with van der Waals surface area (Å²) in [5.74, 6) is 1.28. The lowest BCUT2D eigenvalue weighted by atomic mass is 10.0. The summed E-state index contributed by atoms with van der Waals surface area (Å²) in [5, 5.41) is 6.87. The summed E-state index contributed by atoms with van der Waals surface area (Å²) in [7, 11) is 0. The molecule has 8 nitrogen and oxygen atoms in total. The predicted molar refractivity (Wildman–Crippen MR) is 111 cm³/mol. The van der Waals surface area contributed by atoms with Crippen LogP contribution in [0, 0.1) is 12.7 Å². The largest absolute Gasteiger partial charge is 0.381 e. The molecule has 1 aromatic heterocycles. The average Bonchev–Trinajstić information content (AvgIpc) is 3.27. The number of rotatable bonds is 6. The highest BCUT2D eigenvalue weighted by molar-refractivity contribution is 5.90. The SMILES string of the molecule is Cc1c(F)cccc1NC(=O)N1CCCC(OCCc2noc(C3CCOCC3)n2)C1. The Morgan fingerprint density at radius 2 is 2.16 bits per heavy atom. The van der Waals surface area contributed by atoms with Crippen molar-refractivity contribution in [1.82, 2.24) is 15.0 Å². The second kappa shape index (κ2) is 10.2. The Labute approximate surface area is 181 Å². The molecule has 0 bridgehead atoms. The number of carbonyl (C=O) groups is 1. The fraction of sp³-hybridized carbons (Fsp3) is 0.591. The highest BCUT2D eigenvalue weighted by atomic mass is 19.1. The molecule has 168 valence electrons. The Morgan fingerprint density at radius 3 is 3.00 bits per heavy atom. The van der Waals surface area contributed by atoms with Crippen molar-refractivity contribution in [2.75, 3.05) is 38.2 Å². The molecule has 1 unspecified atom stereocenters. The molecular formula is C22H29FN4O4. The molecule has 1 aromatic carbocycles. The van der Waals surface area contributed by atoms with E-state index in [-0.39, 0.29) is 23.9 Å². The van der Waals surface area contributed by atoms with E-state index < -0.39 is 0 Å². The number of carbonyl (C=O) groups excluding carboxylic acids is 1. The number of urea groups is 1. The second-order valence-electron chi connectivity index (χ2n) is 8.11. The molecule has 2 aliphatic heterocycles. The van der Waals surface area contributed by atoms with Crippen molar-refractivity contribution in [3.05, 3.63) is 41.3 Å². The first-order valence-corrected chi connectivity index (χ1v) is 10.9. The normalized spacial score (nSPS) is 20.1. The van der Waals surface area contributed by atoms with Gasteiger partial charge in [0.15, 0.2) is 5.82 Å². The van der Waals surface area contributed by atoms with Crippen molar-refractivity contribution in [3.8, 4) is 0 Å². The van der Waals surface area contributed by atoms with E-state index in [0.717, 1.165) is 38.9 Å². The van der Waals surface area contributed by atoms with Crippen LogP contribution >= 0.6 is 0 Å². The van der Waals surface area contributed by atoms with E-state index in [9.17, 15) is 9.18 Å². The number of aromatic nitrogens is 2. The molecule has 2 saturated heterocycles. The summed E-state index contributed by atoms with van der Waals surface area (Å²) < 4.78 is 30.5. The Balaban J connectivity index is 1.23. The molecule has 3 heterocycles.